The van der Waals surface area contributed by atoms with Gasteiger partial charge < -0.3 is 14.3 Å². The van der Waals surface area contributed by atoms with Crippen LogP contribution in [0.1, 0.15) is 5.56 Å². The van der Waals surface area contributed by atoms with Crippen LogP contribution in [0.15, 0.2) is 70.1 Å². The van der Waals surface area contributed by atoms with E-state index in [2.05, 4.69) is 9.98 Å². The maximum Gasteiger partial charge on any atom is 0.228 e. The monoisotopic (exact) mass is 378 g/mol. The molecule has 0 bridgehead atoms. The average molecular weight is 379 g/mol. The van der Waals surface area contributed by atoms with Crippen LogP contribution in [0.4, 0.5) is 5.69 Å². The normalized spacial score (nSPS) is 11.3. The molecular weight excluding hydrogens is 364 g/mol. The van der Waals surface area contributed by atoms with Crippen LogP contribution in [0, 0.1) is 0 Å². The second-order valence-corrected chi connectivity index (χ2v) is 6.21. The van der Waals surface area contributed by atoms with E-state index in [1.165, 1.54) is 7.11 Å². The second-order valence-electron chi connectivity index (χ2n) is 5.81. The Labute approximate surface area is 160 Å². The van der Waals surface area contributed by atoms with E-state index in [4.69, 9.17) is 20.8 Å². The summed E-state index contributed by atoms with van der Waals surface area (Å²) in [5, 5.41) is 10.7. The molecule has 0 radical (unpaired) electrons. The predicted molar refractivity (Wildman–Crippen MR) is 106 cm³/mol. The van der Waals surface area contributed by atoms with Gasteiger partial charge in [-0.25, -0.2) is 4.98 Å². The first-order chi connectivity index (χ1) is 13.2. The van der Waals surface area contributed by atoms with Crippen LogP contribution in [-0.4, -0.2) is 23.4 Å². The molecular formula is C21H15ClN2O3. The van der Waals surface area contributed by atoms with Crippen molar-refractivity contribution in [2.75, 3.05) is 7.11 Å². The van der Waals surface area contributed by atoms with E-state index in [1.54, 1.807) is 36.5 Å². The Morgan fingerprint density at radius 2 is 1.96 bits per heavy atom. The highest BCUT2D eigenvalue weighted by molar-refractivity contribution is 6.33. The Kier molecular flexibility index (Phi) is 4.52. The number of hydrogen-bond acceptors (Lipinski definition) is 5. The van der Waals surface area contributed by atoms with E-state index < -0.39 is 0 Å². The van der Waals surface area contributed by atoms with Crippen molar-refractivity contribution in [3.8, 4) is 23.0 Å². The van der Waals surface area contributed by atoms with Gasteiger partial charge >= 0.3 is 0 Å². The number of phenols is 1. The van der Waals surface area contributed by atoms with Gasteiger partial charge in [0.1, 0.15) is 5.52 Å². The predicted octanol–water partition coefficient (Wildman–Crippen LogP) is 5.61. The number of rotatable bonds is 4. The standard InChI is InChI=1S/C21H15ClN2O3/c1-26-19-8-4-5-13(20(19)25)12-23-14-9-10-18-17(11-14)24-21(27-18)15-6-2-3-7-16(15)22/h2-12,25H,1H3. The van der Waals surface area contributed by atoms with E-state index in [1.807, 2.05) is 30.3 Å². The summed E-state index contributed by atoms with van der Waals surface area (Å²) in [6.45, 7) is 0. The highest BCUT2D eigenvalue weighted by atomic mass is 35.5. The number of nitrogens with zero attached hydrogens (tertiary/aromatic N) is 2. The second kappa shape index (κ2) is 7.13. The highest BCUT2D eigenvalue weighted by Gasteiger charge is 2.11. The SMILES string of the molecule is COc1cccc(C=Nc2ccc3oc(-c4ccccc4Cl)nc3c2)c1O. The highest BCUT2D eigenvalue weighted by Crippen LogP contribution is 2.32. The van der Waals surface area contributed by atoms with Crippen LogP contribution in [0.3, 0.4) is 0 Å². The minimum absolute atomic E-state index is 0.0484. The molecule has 0 aliphatic rings. The molecule has 0 unspecified atom stereocenters. The van der Waals surface area contributed by atoms with Gasteiger partial charge in [0.2, 0.25) is 5.89 Å². The number of aromatic nitrogens is 1. The quantitative estimate of drug-likeness (QED) is 0.468. The van der Waals surface area contributed by atoms with Crippen molar-refractivity contribution in [1.82, 2.24) is 4.98 Å². The first-order valence-corrected chi connectivity index (χ1v) is 8.59. The van der Waals surface area contributed by atoms with E-state index in [0.717, 1.165) is 5.56 Å². The number of hydrogen-bond donors (Lipinski definition) is 1. The van der Waals surface area contributed by atoms with E-state index in [0.29, 0.717) is 39.0 Å². The molecule has 0 aliphatic carbocycles. The third-order valence-electron chi connectivity index (χ3n) is 4.08. The van der Waals surface area contributed by atoms with Crippen LogP contribution < -0.4 is 4.74 Å². The Bertz CT molecular complexity index is 1150. The first-order valence-electron chi connectivity index (χ1n) is 8.21. The molecule has 1 N–H and O–H groups in total. The van der Waals surface area contributed by atoms with Crippen LogP contribution in [0.25, 0.3) is 22.6 Å². The fourth-order valence-corrected chi connectivity index (χ4v) is 2.91. The lowest BCUT2D eigenvalue weighted by atomic mass is 10.2. The van der Waals surface area contributed by atoms with Gasteiger partial charge in [0, 0.05) is 11.8 Å². The number of fused-ring (bicyclic) bond motifs is 1. The number of benzene rings is 3. The molecule has 0 aliphatic heterocycles. The number of halogens is 1. The van der Waals surface area contributed by atoms with Crippen molar-refractivity contribution in [3.05, 3.63) is 71.2 Å². The fraction of sp³-hybridized carbons (Fsp3) is 0.0476. The summed E-state index contributed by atoms with van der Waals surface area (Å²) in [5.41, 5.74) is 3.30. The Morgan fingerprint density at radius 3 is 2.78 bits per heavy atom. The summed E-state index contributed by atoms with van der Waals surface area (Å²) in [4.78, 5) is 8.92. The Morgan fingerprint density at radius 1 is 1.11 bits per heavy atom. The number of phenolic OH excluding ortho intramolecular Hbond substituents is 1. The van der Waals surface area contributed by atoms with Gasteiger partial charge in [0.15, 0.2) is 17.1 Å². The van der Waals surface area contributed by atoms with Gasteiger partial charge in [0.25, 0.3) is 0 Å². The maximum atomic E-state index is 10.1. The summed E-state index contributed by atoms with van der Waals surface area (Å²) >= 11 is 6.22. The largest absolute Gasteiger partial charge is 0.504 e. The fourth-order valence-electron chi connectivity index (χ4n) is 2.70. The summed E-state index contributed by atoms with van der Waals surface area (Å²) < 4.78 is 10.9. The Hall–Kier alpha value is -3.31. The minimum atomic E-state index is 0.0484. The van der Waals surface area contributed by atoms with Crippen LogP contribution in [0.2, 0.25) is 5.02 Å². The molecule has 0 saturated carbocycles. The number of aliphatic imine (C=N–C) groups is 1. The average Bonchev–Trinajstić information content (AvgIpc) is 3.10. The molecule has 0 spiro atoms. The molecule has 134 valence electrons. The lowest BCUT2D eigenvalue weighted by Crippen LogP contribution is -1.88. The van der Waals surface area contributed by atoms with Crippen molar-refractivity contribution in [1.29, 1.82) is 0 Å². The van der Waals surface area contributed by atoms with Crippen molar-refractivity contribution in [2.45, 2.75) is 0 Å². The molecule has 1 aromatic heterocycles. The number of ether oxygens (including phenoxy) is 1. The number of methoxy groups -OCH3 is 1. The molecule has 5 nitrogen and oxygen atoms in total. The van der Waals surface area contributed by atoms with E-state index >= 15 is 0 Å². The molecule has 6 heteroatoms. The molecule has 0 atom stereocenters. The zero-order chi connectivity index (χ0) is 18.8. The van der Waals surface area contributed by atoms with Crippen LogP contribution in [0.5, 0.6) is 11.5 Å². The smallest absolute Gasteiger partial charge is 0.228 e. The van der Waals surface area contributed by atoms with E-state index in [-0.39, 0.29) is 5.75 Å². The summed E-state index contributed by atoms with van der Waals surface area (Å²) in [6, 6.07) is 18.1. The lowest BCUT2D eigenvalue weighted by Gasteiger charge is -2.04. The van der Waals surface area contributed by atoms with Gasteiger partial charge in [-0.1, -0.05) is 29.8 Å². The van der Waals surface area contributed by atoms with Gasteiger partial charge in [-0.15, -0.1) is 0 Å². The number of para-hydroxylation sites is 1. The maximum absolute atomic E-state index is 10.1. The van der Waals surface area contributed by atoms with Gasteiger partial charge in [0.05, 0.1) is 23.4 Å². The summed E-state index contributed by atoms with van der Waals surface area (Å²) in [6.07, 6.45) is 1.58. The molecule has 0 saturated heterocycles. The summed E-state index contributed by atoms with van der Waals surface area (Å²) in [5.74, 6) is 0.907. The number of oxazole rings is 1. The third-order valence-corrected chi connectivity index (χ3v) is 4.41. The molecule has 0 amide bonds. The van der Waals surface area contributed by atoms with Gasteiger partial charge in [-0.05, 0) is 42.5 Å². The molecule has 4 rings (SSSR count). The van der Waals surface area contributed by atoms with Crippen molar-refractivity contribution < 1.29 is 14.3 Å². The lowest BCUT2D eigenvalue weighted by molar-refractivity contribution is 0.373. The Balaban J connectivity index is 1.67. The zero-order valence-electron chi connectivity index (χ0n) is 14.4. The minimum Gasteiger partial charge on any atom is -0.504 e. The summed E-state index contributed by atoms with van der Waals surface area (Å²) in [7, 11) is 1.51. The van der Waals surface area contributed by atoms with Crippen molar-refractivity contribution in [2.24, 2.45) is 4.99 Å². The molecule has 4 aromatic rings. The van der Waals surface area contributed by atoms with Gasteiger partial charge in [-0.2, -0.15) is 0 Å². The van der Waals surface area contributed by atoms with E-state index in [9.17, 15) is 5.11 Å². The van der Waals surface area contributed by atoms with Crippen LogP contribution in [-0.2, 0) is 0 Å². The molecule has 1 heterocycles. The third kappa shape index (κ3) is 3.37. The molecule has 0 fully saturated rings. The molecule has 27 heavy (non-hydrogen) atoms. The topological polar surface area (TPSA) is 67.9 Å². The first kappa shape index (κ1) is 17.1. The number of aromatic hydroxyl groups is 1. The molecule has 3 aromatic carbocycles. The van der Waals surface area contributed by atoms with Gasteiger partial charge in [-0.3, -0.25) is 4.99 Å². The van der Waals surface area contributed by atoms with Crippen LogP contribution >= 0.6 is 11.6 Å². The zero-order valence-corrected chi connectivity index (χ0v) is 15.1. The van der Waals surface area contributed by atoms with Crippen molar-refractivity contribution >= 4 is 34.6 Å². The van der Waals surface area contributed by atoms with Crippen molar-refractivity contribution in [3.63, 3.8) is 0 Å².